The average Bonchev–Trinajstić information content (AvgIpc) is 2.75. The number of carbonyl (C=O) groups is 1. The smallest absolute Gasteiger partial charge is 0.255 e. The topological polar surface area (TPSA) is 32.3 Å². The lowest BCUT2D eigenvalue weighted by Gasteiger charge is -2.19. The third-order valence-corrected chi connectivity index (χ3v) is 3.31. The van der Waals surface area contributed by atoms with Gasteiger partial charge in [-0.25, -0.2) is 0 Å². The van der Waals surface area contributed by atoms with Crippen LogP contribution in [-0.2, 0) is 0 Å². The molecule has 1 heterocycles. The molecule has 1 saturated heterocycles. The van der Waals surface area contributed by atoms with Gasteiger partial charge in [-0.3, -0.25) is 4.79 Å². The van der Waals surface area contributed by atoms with Gasteiger partial charge in [0.1, 0.15) is 0 Å². The summed E-state index contributed by atoms with van der Waals surface area (Å²) in [4.78, 5) is 14.4. The Kier molecular flexibility index (Phi) is 3.90. The van der Waals surface area contributed by atoms with Crippen molar-refractivity contribution < 1.29 is 4.79 Å². The maximum Gasteiger partial charge on any atom is 0.255 e. The summed E-state index contributed by atoms with van der Waals surface area (Å²) in [6.45, 7) is 8.13. The standard InChI is InChI=1S/C15H22N2O/c1-11(2)16-14-7-5-4-6-13(14)15(18)17-9-8-12(3)10-17/h4-7,11-12,16H,8-10H2,1-3H3. The van der Waals surface area contributed by atoms with Crippen molar-refractivity contribution in [3.8, 4) is 0 Å². The summed E-state index contributed by atoms with van der Waals surface area (Å²) in [5, 5.41) is 3.34. The van der Waals surface area contributed by atoms with Crippen LogP contribution in [0.1, 0.15) is 37.6 Å². The molecule has 0 aromatic heterocycles. The number of likely N-dealkylation sites (tertiary alicyclic amines) is 1. The number of para-hydroxylation sites is 1. The van der Waals surface area contributed by atoms with Crippen molar-refractivity contribution in [1.29, 1.82) is 0 Å². The van der Waals surface area contributed by atoms with Crippen LogP contribution in [-0.4, -0.2) is 29.9 Å². The Morgan fingerprint density at radius 3 is 2.72 bits per heavy atom. The third kappa shape index (κ3) is 2.84. The van der Waals surface area contributed by atoms with Gasteiger partial charge >= 0.3 is 0 Å². The van der Waals surface area contributed by atoms with Gasteiger partial charge in [0.2, 0.25) is 0 Å². The number of carbonyl (C=O) groups excluding carboxylic acids is 1. The fourth-order valence-electron chi connectivity index (χ4n) is 2.40. The van der Waals surface area contributed by atoms with Gasteiger partial charge in [0.15, 0.2) is 0 Å². The van der Waals surface area contributed by atoms with Crippen molar-refractivity contribution in [3.63, 3.8) is 0 Å². The summed E-state index contributed by atoms with van der Waals surface area (Å²) >= 11 is 0. The molecule has 2 rings (SSSR count). The highest BCUT2D eigenvalue weighted by molar-refractivity contribution is 5.99. The molecule has 1 aromatic rings. The fraction of sp³-hybridized carbons (Fsp3) is 0.533. The van der Waals surface area contributed by atoms with E-state index in [2.05, 4.69) is 26.1 Å². The molecular formula is C15H22N2O. The first-order valence-electron chi connectivity index (χ1n) is 6.72. The van der Waals surface area contributed by atoms with Crippen LogP contribution < -0.4 is 5.32 Å². The predicted molar refractivity (Wildman–Crippen MR) is 74.9 cm³/mol. The number of nitrogens with zero attached hydrogens (tertiary/aromatic N) is 1. The highest BCUT2D eigenvalue weighted by atomic mass is 16.2. The minimum atomic E-state index is 0.156. The number of hydrogen-bond donors (Lipinski definition) is 1. The zero-order chi connectivity index (χ0) is 13.1. The Hall–Kier alpha value is -1.51. The van der Waals surface area contributed by atoms with Gasteiger partial charge in [-0.1, -0.05) is 19.1 Å². The molecule has 1 unspecified atom stereocenters. The van der Waals surface area contributed by atoms with Gasteiger partial charge in [-0.15, -0.1) is 0 Å². The number of benzene rings is 1. The lowest BCUT2D eigenvalue weighted by Crippen LogP contribution is -2.29. The maximum atomic E-state index is 12.5. The minimum absolute atomic E-state index is 0.156. The highest BCUT2D eigenvalue weighted by Crippen LogP contribution is 2.22. The van der Waals surface area contributed by atoms with E-state index in [0.717, 1.165) is 30.8 Å². The lowest BCUT2D eigenvalue weighted by atomic mass is 10.1. The Bertz CT molecular complexity index is 428. The van der Waals surface area contributed by atoms with Gasteiger partial charge in [0, 0.05) is 24.8 Å². The Morgan fingerprint density at radius 2 is 2.11 bits per heavy atom. The van der Waals surface area contributed by atoms with E-state index >= 15 is 0 Å². The summed E-state index contributed by atoms with van der Waals surface area (Å²) in [5.74, 6) is 0.780. The van der Waals surface area contributed by atoms with E-state index in [0.29, 0.717) is 12.0 Å². The first kappa shape index (κ1) is 12.9. The summed E-state index contributed by atoms with van der Waals surface area (Å²) in [6.07, 6.45) is 1.12. The fourth-order valence-corrected chi connectivity index (χ4v) is 2.40. The average molecular weight is 246 g/mol. The molecule has 1 aromatic carbocycles. The normalized spacial score (nSPS) is 19.3. The van der Waals surface area contributed by atoms with E-state index in [1.54, 1.807) is 0 Å². The Balaban J connectivity index is 2.19. The number of rotatable bonds is 3. The van der Waals surface area contributed by atoms with E-state index in [-0.39, 0.29) is 5.91 Å². The summed E-state index contributed by atoms with van der Waals surface area (Å²) in [5.41, 5.74) is 1.73. The molecule has 18 heavy (non-hydrogen) atoms. The molecule has 0 aliphatic carbocycles. The molecule has 0 saturated carbocycles. The second-order valence-corrected chi connectivity index (χ2v) is 5.49. The van der Waals surface area contributed by atoms with Crippen molar-refractivity contribution in [2.75, 3.05) is 18.4 Å². The van der Waals surface area contributed by atoms with Crippen LogP contribution in [0.5, 0.6) is 0 Å². The van der Waals surface area contributed by atoms with Gasteiger partial charge in [0.25, 0.3) is 5.91 Å². The van der Waals surface area contributed by atoms with Crippen molar-refractivity contribution in [2.24, 2.45) is 5.92 Å². The van der Waals surface area contributed by atoms with Crippen LogP contribution in [0.2, 0.25) is 0 Å². The zero-order valence-corrected chi connectivity index (χ0v) is 11.4. The molecule has 1 fully saturated rings. The van der Waals surface area contributed by atoms with Crippen LogP contribution >= 0.6 is 0 Å². The Labute approximate surface area is 109 Å². The number of nitrogens with one attached hydrogen (secondary N) is 1. The Morgan fingerprint density at radius 1 is 1.39 bits per heavy atom. The molecular weight excluding hydrogens is 224 g/mol. The summed E-state index contributed by atoms with van der Waals surface area (Å²) < 4.78 is 0. The molecule has 1 N–H and O–H groups in total. The van der Waals surface area contributed by atoms with E-state index in [9.17, 15) is 4.79 Å². The monoisotopic (exact) mass is 246 g/mol. The lowest BCUT2D eigenvalue weighted by molar-refractivity contribution is 0.0789. The van der Waals surface area contributed by atoms with Gasteiger partial charge in [-0.2, -0.15) is 0 Å². The van der Waals surface area contributed by atoms with Crippen molar-refractivity contribution in [1.82, 2.24) is 4.90 Å². The van der Waals surface area contributed by atoms with Crippen LogP contribution in [0.3, 0.4) is 0 Å². The molecule has 1 aliphatic heterocycles. The summed E-state index contributed by atoms with van der Waals surface area (Å²) in [7, 11) is 0. The molecule has 0 bridgehead atoms. The van der Waals surface area contributed by atoms with Crippen LogP contribution in [0.15, 0.2) is 24.3 Å². The molecule has 3 nitrogen and oxygen atoms in total. The van der Waals surface area contributed by atoms with Crippen molar-refractivity contribution >= 4 is 11.6 Å². The van der Waals surface area contributed by atoms with Gasteiger partial charge in [0.05, 0.1) is 5.56 Å². The second-order valence-electron chi connectivity index (χ2n) is 5.49. The maximum absolute atomic E-state index is 12.5. The molecule has 98 valence electrons. The molecule has 1 amide bonds. The largest absolute Gasteiger partial charge is 0.382 e. The molecule has 1 aliphatic rings. The zero-order valence-electron chi connectivity index (χ0n) is 11.4. The second kappa shape index (κ2) is 5.42. The van der Waals surface area contributed by atoms with Crippen molar-refractivity contribution in [3.05, 3.63) is 29.8 Å². The quantitative estimate of drug-likeness (QED) is 0.889. The van der Waals surface area contributed by atoms with E-state index < -0.39 is 0 Å². The van der Waals surface area contributed by atoms with Crippen LogP contribution in [0, 0.1) is 5.92 Å². The van der Waals surface area contributed by atoms with Gasteiger partial charge < -0.3 is 10.2 Å². The first-order chi connectivity index (χ1) is 8.58. The van der Waals surface area contributed by atoms with Crippen molar-refractivity contribution in [2.45, 2.75) is 33.2 Å². The van der Waals surface area contributed by atoms with E-state index in [1.807, 2.05) is 29.2 Å². The first-order valence-corrected chi connectivity index (χ1v) is 6.72. The van der Waals surface area contributed by atoms with Gasteiger partial charge in [-0.05, 0) is 38.3 Å². The molecule has 1 atom stereocenters. The SMILES string of the molecule is CC1CCN(C(=O)c2ccccc2NC(C)C)C1. The molecule has 3 heteroatoms. The van der Waals surface area contributed by atoms with E-state index in [4.69, 9.17) is 0 Å². The minimum Gasteiger partial charge on any atom is -0.382 e. The highest BCUT2D eigenvalue weighted by Gasteiger charge is 2.25. The number of amides is 1. The summed E-state index contributed by atoms with van der Waals surface area (Å²) in [6, 6.07) is 8.12. The number of hydrogen-bond acceptors (Lipinski definition) is 2. The van der Waals surface area contributed by atoms with E-state index in [1.165, 1.54) is 0 Å². The number of anilines is 1. The predicted octanol–water partition coefficient (Wildman–Crippen LogP) is 2.99. The van der Waals surface area contributed by atoms with Crippen LogP contribution in [0.4, 0.5) is 5.69 Å². The third-order valence-electron chi connectivity index (χ3n) is 3.31. The van der Waals surface area contributed by atoms with Crippen LogP contribution in [0.25, 0.3) is 0 Å². The molecule has 0 radical (unpaired) electrons. The molecule has 0 spiro atoms.